The second-order valence-corrected chi connectivity index (χ2v) is 19.0. The summed E-state index contributed by atoms with van der Waals surface area (Å²) in [6.45, 7) is 9.75. The summed E-state index contributed by atoms with van der Waals surface area (Å²) in [4.78, 5) is 24.3. The van der Waals surface area contributed by atoms with Crippen molar-refractivity contribution in [1.82, 2.24) is 0 Å². The first-order chi connectivity index (χ1) is 16.5. The Morgan fingerprint density at radius 3 is 1.37 bits per heavy atom. The van der Waals surface area contributed by atoms with E-state index in [1.54, 1.807) is 48.5 Å². The maximum absolute atomic E-state index is 12.1. The Labute approximate surface area is 211 Å². The molecular weight excluding hydrogens is 476 g/mol. The summed E-state index contributed by atoms with van der Waals surface area (Å²) >= 11 is 0. The highest BCUT2D eigenvalue weighted by atomic mass is 28.4. The van der Waals surface area contributed by atoms with Crippen LogP contribution in [0.25, 0.3) is 0 Å². The van der Waals surface area contributed by atoms with Crippen LogP contribution >= 0.6 is 0 Å². The number of ether oxygens (including phenoxy) is 2. The van der Waals surface area contributed by atoms with Crippen LogP contribution in [0.15, 0.2) is 48.5 Å². The average Bonchev–Trinajstić information content (AvgIpc) is 2.78. The minimum atomic E-state index is -1.93. The first kappa shape index (κ1) is 28.6. The first-order valence-electron chi connectivity index (χ1n) is 12.2. The third-order valence-electron chi connectivity index (χ3n) is 5.51. The number of nitrogen functional groups attached to an aromatic ring is 2. The van der Waals surface area contributed by atoms with E-state index in [0.29, 0.717) is 35.7 Å². The van der Waals surface area contributed by atoms with Gasteiger partial charge in [0.15, 0.2) is 16.6 Å². The molecule has 9 heteroatoms. The maximum atomic E-state index is 12.1. The quantitative estimate of drug-likeness (QED) is 0.140. The fourth-order valence-electron chi connectivity index (χ4n) is 3.90. The molecule has 0 aliphatic rings. The number of rotatable bonds is 14. The highest BCUT2D eigenvalue weighted by molar-refractivity contribution is 6.84. The van der Waals surface area contributed by atoms with Crippen LogP contribution in [-0.4, -0.2) is 41.8 Å². The Bertz CT molecular complexity index is 876. The fraction of sp³-hybridized carbons (Fsp3) is 0.462. The van der Waals surface area contributed by atoms with Gasteiger partial charge in [-0.2, -0.15) is 0 Å². The van der Waals surface area contributed by atoms with E-state index >= 15 is 0 Å². The van der Waals surface area contributed by atoms with Crippen LogP contribution in [0.4, 0.5) is 11.4 Å². The Kier molecular flexibility index (Phi) is 11.0. The van der Waals surface area contributed by atoms with Gasteiger partial charge in [0, 0.05) is 11.4 Å². The zero-order valence-corrected chi connectivity index (χ0v) is 23.5. The molecule has 0 heterocycles. The Morgan fingerprint density at radius 1 is 0.657 bits per heavy atom. The number of carbonyl (C=O) groups is 2. The number of hydrogen-bond donors (Lipinski definition) is 2. The Hall–Kier alpha value is -2.63. The van der Waals surface area contributed by atoms with Gasteiger partial charge in [-0.1, -0.05) is 12.8 Å². The van der Waals surface area contributed by atoms with E-state index in [1.165, 1.54) is 0 Å². The summed E-state index contributed by atoms with van der Waals surface area (Å²) in [6.07, 6.45) is 3.51. The van der Waals surface area contributed by atoms with Crippen molar-refractivity contribution >= 4 is 39.9 Å². The minimum Gasteiger partial charge on any atom is -0.462 e. The van der Waals surface area contributed by atoms with E-state index in [-0.39, 0.29) is 11.9 Å². The number of hydrogen-bond acceptors (Lipinski definition) is 7. The lowest BCUT2D eigenvalue weighted by Crippen LogP contribution is -2.44. The molecule has 2 rings (SSSR count). The van der Waals surface area contributed by atoms with Gasteiger partial charge in [-0.3, -0.25) is 0 Å². The second-order valence-electron chi connectivity index (χ2n) is 10.1. The predicted octanol–water partition coefficient (Wildman–Crippen LogP) is 5.85. The van der Waals surface area contributed by atoms with Gasteiger partial charge in [-0.25, -0.2) is 9.59 Å². The lowest BCUT2D eigenvalue weighted by Gasteiger charge is -2.35. The van der Waals surface area contributed by atoms with E-state index in [1.807, 2.05) is 0 Å². The summed E-state index contributed by atoms with van der Waals surface area (Å²) in [6, 6.07) is 15.5. The molecule has 0 amide bonds. The molecule has 0 aromatic heterocycles. The van der Waals surface area contributed by atoms with Crippen molar-refractivity contribution in [2.45, 2.75) is 64.0 Å². The van der Waals surface area contributed by atoms with Gasteiger partial charge in [0.1, 0.15) is 0 Å². The van der Waals surface area contributed by atoms with Crippen molar-refractivity contribution in [3.63, 3.8) is 0 Å². The molecule has 2 aromatic carbocycles. The van der Waals surface area contributed by atoms with Gasteiger partial charge < -0.3 is 25.1 Å². The zero-order valence-electron chi connectivity index (χ0n) is 21.5. The molecular formula is C26H40N2O5Si2. The topological polar surface area (TPSA) is 114 Å². The molecule has 0 saturated heterocycles. The summed E-state index contributed by atoms with van der Waals surface area (Å²) < 4.78 is 17.5. The second kappa shape index (κ2) is 13.5. The smallest absolute Gasteiger partial charge is 0.338 e. The molecule has 4 N–H and O–H groups in total. The zero-order chi connectivity index (χ0) is 25.9. The SMILES string of the molecule is C[Si](C)(C)O[Si](C)(CCCCOC(=O)c1ccc(N)cc1)CCCCOC(=O)c1ccc(N)cc1. The summed E-state index contributed by atoms with van der Waals surface area (Å²) in [5.74, 6) is -0.645. The molecule has 0 atom stereocenters. The molecule has 0 bridgehead atoms. The van der Waals surface area contributed by atoms with E-state index in [0.717, 1.165) is 37.8 Å². The van der Waals surface area contributed by atoms with Crippen LogP contribution in [0.3, 0.4) is 0 Å². The highest BCUT2D eigenvalue weighted by Gasteiger charge is 2.33. The van der Waals surface area contributed by atoms with Gasteiger partial charge in [0.2, 0.25) is 0 Å². The van der Waals surface area contributed by atoms with Crippen molar-refractivity contribution in [3.8, 4) is 0 Å². The highest BCUT2D eigenvalue weighted by Crippen LogP contribution is 2.27. The lowest BCUT2D eigenvalue weighted by molar-refractivity contribution is 0.0491. The molecule has 0 unspecified atom stereocenters. The summed E-state index contributed by atoms with van der Waals surface area (Å²) in [7, 11) is -3.62. The number of nitrogens with two attached hydrogens (primary N) is 2. The van der Waals surface area contributed by atoms with E-state index < -0.39 is 16.6 Å². The predicted molar refractivity (Wildman–Crippen MR) is 146 cm³/mol. The van der Waals surface area contributed by atoms with Crippen LogP contribution in [0, 0.1) is 0 Å². The molecule has 0 fully saturated rings. The van der Waals surface area contributed by atoms with E-state index in [4.69, 9.17) is 25.1 Å². The molecule has 0 saturated carbocycles. The van der Waals surface area contributed by atoms with Crippen LogP contribution in [0.1, 0.15) is 46.4 Å². The standard InChI is InChI=1S/C26H40N2O5Si2/c1-34(2,3)33-35(4,19-7-5-17-31-25(29)21-9-13-23(27)14-10-21)20-8-6-18-32-26(30)22-11-15-24(28)16-12-22/h9-16H,5-8,17-20,27-28H2,1-4H3. The number of anilines is 2. The largest absolute Gasteiger partial charge is 0.462 e. The molecule has 0 aliphatic carbocycles. The van der Waals surface area contributed by atoms with Gasteiger partial charge in [0.25, 0.3) is 0 Å². The number of esters is 2. The molecule has 35 heavy (non-hydrogen) atoms. The van der Waals surface area contributed by atoms with Crippen LogP contribution in [0.2, 0.25) is 38.3 Å². The van der Waals surface area contributed by atoms with Gasteiger partial charge >= 0.3 is 11.9 Å². The third-order valence-corrected chi connectivity index (χ3v) is 12.8. The molecule has 2 aromatic rings. The van der Waals surface area contributed by atoms with Gasteiger partial charge in [0.05, 0.1) is 24.3 Å². The molecule has 0 radical (unpaired) electrons. The van der Waals surface area contributed by atoms with E-state index in [2.05, 4.69) is 26.2 Å². The monoisotopic (exact) mass is 516 g/mol. The number of unbranched alkanes of at least 4 members (excludes halogenated alkanes) is 2. The lowest BCUT2D eigenvalue weighted by atomic mass is 10.2. The van der Waals surface area contributed by atoms with Crippen molar-refractivity contribution in [3.05, 3.63) is 59.7 Å². The summed E-state index contributed by atoms with van der Waals surface area (Å²) in [5, 5.41) is 0. The third kappa shape index (κ3) is 11.1. The molecule has 0 spiro atoms. The van der Waals surface area contributed by atoms with Crippen molar-refractivity contribution < 1.29 is 23.2 Å². The van der Waals surface area contributed by atoms with Crippen molar-refractivity contribution in [1.29, 1.82) is 0 Å². The van der Waals surface area contributed by atoms with Gasteiger partial charge in [-0.15, -0.1) is 0 Å². The Balaban J connectivity index is 1.72. The molecule has 0 aliphatic heterocycles. The van der Waals surface area contributed by atoms with Crippen molar-refractivity contribution in [2.24, 2.45) is 0 Å². The van der Waals surface area contributed by atoms with E-state index in [9.17, 15) is 9.59 Å². The van der Waals surface area contributed by atoms with Crippen LogP contribution in [0.5, 0.6) is 0 Å². The minimum absolute atomic E-state index is 0.322. The normalized spacial score (nSPS) is 11.8. The van der Waals surface area contributed by atoms with Gasteiger partial charge in [-0.05, 0) is 99.6 Å². The average molecular weight is 517 g/mol. The first-order valence-corrected chi connectivity index (χ1v) is 18.5. The van der Waals surface area contributed by atoms with Crippen LogP contribution in [-0.2, 0) is 13.6 Å². The fourth-order valence-corrected chi connectivity index (χ4v) is 12.9. The van der Waals surface area contributed by atoms with Crippen molar-refractivity contribution in [2.75, 3.05) is 24.7 Å². The maximum Gasteiger partial charge on any atom is 0.338 e. The molecule has 192 valence electrons. The molecule has 7 nitrogen and oxygen atoms in total. The van der Waals surface area contributed by atoms with Crippen LogP contribution < -0.4 is 11.5 Å². The number of benzene rings is 2. The Morgan fingerprint density at radius 2 is 1.03 bits per heavy atom. The summed E-state index contributed by atoms with van der Waals surface area (Å²) in [5.41, 5.74) is 13.6. The number of carbonyl (C=O) groups excluding carboxylic acids is 2.